The molecule has 0 saturated carbocycles. The summed E-state index contributed by atoms with van der Waals surface area (Å²) in [5.74, 6) is 0.612. The molecule has 1 aliphatic heterocycles. The molecule has 0 saturated heterocycles. The molecule has 1 unspecified atom stereocenters. The molecule has 3 heteroatoms. The Kier molecular flexibility index (Phi) is 2.50. The molecule has 0 aromatic rings. The Bertz CT molecular complexity index is 221. The molecule has 0 bridgehead atoms. The molecule has 0 fully saturated rings. The van der Waals surface area contributed by atoms with E-state index < -0.39 is 0 Å². The van der Waals surface area contributed by atoms with E-state index in [2.05, 4.69) is 18.9 Å². The highest BCUT2D eigenvalue weighted by molar-refractivity contribution is 6.06. The van der Waals surface area contributed by atoms with Crippen LogP contribution in [0.15, 0.2) is 5.10 Å². The predicted molar refractivity (Wildman–Crippen MR) is 48.8 cm³/mol. The van der Waals surface area contributed by atoms with E-state index in [1.807, 2.05) is 13.8 Å². The molecular formula is C9H16N2O. The van der Waals surface area contributed by atoms with E-state index in [1.54, 1.807) is 5.01 Å². The van der Waals surface area contributed by atoms with Crippen molar-refractivity contribution in [2.45, 2.75) is 27.7 Å². The first-order valence-electron chi connectivity index (χ1n) is 4.39. The second kappa shape index (κ2) is 3.25. The van der Waals surface area contributed by atoms with Crippen molar-refractivity contribution < 1.29 is 4.79 Å². The van der Waals surface area contributed by atoms with Gasteiger partial charge in [0, 0.05) is 12.3 Å². The molecule has 0 aromatic heterocycles. The normalized spacial score (nSPS) is 23.8. The summed E-state index contributed by atoms with van der Waals surface area (Å²) in [6.07, 6.45) is 0. The van der Waals surface area contributed by atoms with Gasteiger partial charge in [0.05, 0.1) is 5.92 Å². The summed E-state index contributed by atoms with van der Waals surface area (Å²) >= 11 is 0. The van der Waals surface area contributed by atoms with Crippen molar-refractivity contribution in [2.24, 2.45) is 16.9 Å². The molecule has 1 heterocycles. The number of hydrogen-bond donors (Lipinski definition) is 0. The van der Waals surface area contributed by atoms with E-state index >= 15 is 0 Å². The number of hydrazone groups is 1. The molecule has 1 rings (SSSR count). The quantitative estimate of drug-likeness (QED) is 0.615. The minimum atomic E-state index is -0.0104. The zero-order valence-electron chi connectivity index (χ0n) is 8.16. The molecule has 3 nitrogen and oxygen atoms in total. The lowest BCUT2D eigenvalue weighted by atomic mass is 10.1. The van der Waals surface area contributed by atoms with Gasteiger partial charge in [-0.05, 0) is 19.8 Å². The molecule has 12 heavy (non-hydrogen) atoms. The first-order valence-corrected chi connectivity index (χ1v) is 4.39. The number of hydrogen-bond acceptors (Lipinski definition) is 2. The summed E-state index contributed by atoms with van der Waals surface area (Å²) in [4.78, 5) is 11.5. The third-order valence-corrected chi connectivity index (χ3v) is 2.07. The lowest BCUT2D eigenvalue weighted by molar-refractivity contribution is -0.131. The van der Waals surface area contributed by atoms with Crippen LogP contribution in [-0.4, -0.2) is 23.2 Å². The Morgan fingerprint density at radius 3 is 2.50 bits per heavy atom. The van der Waals surface area contributed by atoms with Crippen LogP contribution in [0, 0.1) is 11.8 Å². The molecular weight excluding hydrogens is 152 g/mol. The average molecular weight is 168 g/mol. The Morgan fingerprint density at radius 1 is 1.58 bits per heavy atom. The molecule has 0 radical (unpaired) electrons. The lowest BCUT2D eigenvalue weighted by Gasteiger charge is -2.14. The van der Waals surface area contributed by atoms with Crippen molar-refractivity contribution in [3.05, 3.63) is 0 Å². The summed E-state index contributed by atoms with van der Waals surface area (Å²) in [7, 11) is 0. The summed E-state index contributed by atoms with van der Waals surface area (Å²) < 4.78 is 0. The molecule has 0 spiro atoms. The first-order chi connectivity index (χ1) is 5.52. The fourth-order valence-electron chi connectivity index (χ4n) is 1.21. The largest absolute Gasteiger partial charge is 0.272 e. The number of carbonyl (C=O) groups is 1. The maximum atomic E-state index is 11.5. The lowest BCUT2D eigenvalue weighted by Crippen LogP contribution is -2.28. The Morgan fingerprint density at radius 2 is 2.17 bits per heavy atom. The summed E-state index contributed by atoms with van der Waals surface area (Å²) in [5, 5.41) is 5.78. The molecule has 1 atom stereocenters. The van der Waals surface area contributed by atoms with Gasteiger partial charge in [-0.15, -0.1) is 0 Å². The van der Waals surface area contributed by atoms with Crippen molar-refractivity contribution in [1.29, 1.82) is 0 Å². The van der Waals surface area contributed by atoms with Crippen LogP contribution in [0.3, 0.4) is 0 Å². The average Bonchev–Trinajstić information content (AvgIpc) is 2.17. The number of nitrogens with zero attached hydrogens (tertiary/aromatic N) is 2. The van der Waals surface area contributed by atoms with Crippen molar-refractivity contribution in [3.8, 4) is 0 Å². The molecule has 1 aliphatic rings. The Hall–Kier alpha value is -0.860. The SMILES string of the molecule is CC1=NN(CC(C)C)C(=O)C1C. The van der Waals surface area contributed by atoms with Gasteiger partial charge in [-0.25, -0.2) is 5.01 Å². The molecule has 0 N–H and O–H groups in total. The minimum Gasteiger partial charge on any atom is -0.272 e. The fourth-order valence-corrected chi connectivity index (χ4v) is 1.21. The van der Waals surface area contributed by atoms with Crippen LogP contribution in [0.4, 0.5) is 0 Å². The maximum absolute atomic E-state index is 11.5. The van der Waals surface area contributed by atoms with Crippen LogP contribution in [0.1, 0.15) is 27.7 Å². The van der Waals surface area contributed by atoms with Gasteiger partial charge in [0.15, 0.2) is 0 Å². The molecule has 0 aromatic carbocycles. The van der Waals surface area contributed by atoms with Crippen molar-refractivity contribution in [2.75, 3.05) is 6.54 Å². The summed E-state index contributed by atoms with van der Waals surface area (Å²) in [6.45, 7) is 8.72. The van der Waals surface area contributed by atoms with Gasteiger partial charge in [-0.2, -0.15) is 5.10 Å². The van der Waals surface area contributed by atoms with Gasteiger partial charge in [0.2, 0.25) is 0 Å². The number of carbonyl (C=O) groups excluding carboxylic acids is 1. The zero-order valence-corrected chi connectivity index (χ0v) is 8.16. The Balaban J connectivity index is 2.64. The smallest absolute Gasteiger partial charge is 0.251 e. The van der Waals surface area contributed by atoms with E-state index in [-0.39, 0.29) is 11.8 Å². The molecule has 0 aliphatic carbocycles. The number of amides is 1. The van der Waals surface area contributed by atoms with E-state index in [4.69, 9.17) is 0 Å². The number of rotatable bonds is 2. The highest BCUT2D eigenvalue weighted by atomic mass is 16.2. The Labute approximate surface area is 73.4 Å². The van der Waals surface area contributed by atoms with Crippen molar-refractivity contribution >= 4 is 11.6 Å². The second-order valence-electron chi connectivity index (χ2n) is 3.78. The van der Waals surface area contributed by atoms with Gasteiger partial charge < -0.3 is 0 Å². The maximum Gasteiger partial charge on any atom is 0.251 e. The van der Waals surface area contributed by atoms with Gasteiger partial charge in [0.25, 0.3) is 5.91 Å². The van der Waals surface area contributed by atoms with Crippen LogP contribution in [-0.2, 0) is 4.79 Å². The zero-order chi connectivity index (χ0) is 9.30. The molecule has 68 valence electrons. The van der Waals surface area contributed by atoms with Gasteiger partial charge in [-0.1, -0.05) is 13.8 Å². The van der Waals surface area contributed by atoms with Crippen LogP contribution in [0.2, 0.25) is 0 Å². The summed E-state index contributed by atoms with van der Waals surface area (Å²) in [5.41, 5.74) is 0.931. The summed E-state index contributed by atoms with van der Waals surface area (Å²) in [6, 6.07) is 0. The highest BCUT2D eigenvalue weighted by Crippen LogP contribution is 2.15. The standard InChI is InChI=1S/C9H16N2O/c1-6(2)5-11-9(12)7(3)8(4)10-11/h6-7H,5H2,1-4H3. The topological polar surface area (TPSA) is 32.7 Å². The van der Waals surface area contributed by atoms with E-state index in [1.165, 1.54) is 0 Å². The third-order valence-electron chi connectivity index (χ3n) is 2.07. The van der Waals surface area contributed by atoms with Crippen LogP contribution < -0.4 is 0 Å². The second-order valence-corrected chi connectivity index (χ2v) is 3.78. The van der Waals surface area contributed by atoms with Crippen LogP contribution >= 0.6 is 0 Å². The predicted octanol–water partition coefficient (Wildman–Crippen LogP) is 1.50. The highest BCUT2D eigenvalue weighted by Gasteiger charge is 2.29. The van der Waals surface area contributed by atoms with Crippen LogP contribution in [0.5, 0.6) is 0 Å². The third kappa shape index (κ3) is 1.65. The fraction of sp³-hybridized carbons (Fsp3) is 0.778. The van der Waals surface area contributed by atoms with E-state index in [9.17, 15) is 4.79 Å². The minimum absolute atomic E-state index is 0.0104. The van der Waals surface area contributed by atoms with Crippen LogP contribution in [0.25, 0.3) is 0 Å². The first kappa shape index (κ1) is 9.23. The monoisotopic (exact) mass is 168 g/mol. The van der Waals surface area contributed by atoms with Crippen molar-refractivity contribution in [1.82, 2.24) is 5.01 Å². The van der Waals surface area contributed by atoms with Gasteiger partial charge in [-0.3, -0.25) is 4.79 Å². The van der Waals surface area contributed by atoms with Gasteiger partial charge in [0.1, 0.15) is 0 Å². The van der Waals surface area contributed by atoms with E-state index in [0.717, 1.165) is 12.3 Å². The van der Waals surface area contributed by atoms with E-state index in [0.29, 0.717) is 5.92 Å². The molecule has 1 amide bonds. The van der Waals surface area contributed by atoms with Gasteiger partial charge >= 0.3 is 0 Å². The van der Waals surface area contributed by atoms with Crippen molar-refractivity contribution in [3.63, 3.8) is 0 Å².